The van der Waals surface area contributed by atoms with Crippen molar-refractivity contribution < 1.29 is 4.79 Å². The molecule has 122 valence electrons. The summed E-state index contributed by atoms with van der Waals surface area (Å²) in [6, 6.07) is 11.4. The second kappa shape index (κ2) is 8.17. The third-order valence-corrected chi connectivity index (χ3v) is 3.63. The van der Waals surface area contributed by atoms with Gasteiger partial charge in [-0.2, -0.15) is 0 Å². The molecule has 0 aliphatic rings. The lowest BCUT2D eigenvalue weighted by atomic mass is 10.2. The van der Waals surface area contributed by atoms with Gasteiger partial charge < -0.3 is 15.5 Å². The van der Waals surface area contributed by atoms with Crippen LogP contribution in [-0.4, -0.2) is 24.1 Å². The smallest absolute Gasteiger partial charge is 0.319 e. The van der Waals surface area contributed by atoms with E-state index in [1.54, 1.807) is 6.20 Å². The SMILES string of the molecule is CCN(CC)c1cc(CNC(=O)Nc2cccc(C)c2)ccn1. The van der Waals surface area contributed by atoms with Crippen molar-refractivity contribution in [2.45, 2.75) is 27.3 Å². The van der Waals surface area contributed by atoms with Crippen molar-refractivity contribution in [2.75, 3.05) is 23.3 Å². The minimum Gasteiger partial charge on any atom is -0.357 e. The van der Waals surface area contributed by atoms with Crippen LogP contribution in [0.2, 0.25) is 0 Å². The van der Waals surface area contributed by atoms with Gasteiger partial charge in [-0.1, -0.05) is 12.1 Å². The number of aryl methyl sites for hydroxylation is 1. The molecule has 1 heterocycles. The monoisotopic (exact) mass is 312 g/mol. The number of urea groups is 1. The summed E-state index contributed by atoms with van der Waals surface area (Å²) in [7, 11) is 0. The highest BCUT2D eigenvalue weighted by molar-refractivity contribution is 5.89. The fourth-order valence-electron chi connectivity index (χ4n) is 2.37. The molecule has 0 bridgehead atoms. The number of carbonyl (C=O) groups is 1. The first-order valence-corrected chi connectivity index (χ1v) is 7.93. The predicted molar refractivity (Wildman–Crippen MR) is 94.8 cm³/mol. The Labute approximate surface area is 137 Å². The van der Waals surface area contributed by atoms with Crippen LogP contribution in [0.4, 0.5) is 16.3 Å². The number of anilines is 2. The van der Waals surface area contributed by atoms with Crippen LogP contribution in [-0.2, 0) is 6.54 Å². The molecule has 0 atom stereocenters. The van der Waals surface area contributed by atoms with Gasteiger partial charge in [0.1, 0.15) is 5.82 Å². The van der Waals surface area contributed by atoms with E-state index in [-0.39, 0.29) is 6.03 Å². The molecule has 2 N–H and O–H groups in total. The van der Waals surface area contributed by atoms with Crippen LogP contribution < -0.4 is 15.5 Å². The maximum Gasteiger partial charge on any atom is 0.319 e. The molecule has 0 saturated carbocycles. The van der Waals surface area contributed by atoms with Crippen molar-refractivity contribution >= 4 is 17.5 Å². The number of carbonyl (C=O) groups excluding carboxylic acids is 1. The molecule has 1 aromatic carbocycles. The number of amides is 2. The first-order valence-electron chi connectivity index (χ1n) is 7.93. The lowest BCUT2D eigenvalue weighted by Crippen LogP contribution is -2.28. The summed E-state index contributed by atoms with van der Waals surface area (Å²) < 4.78 is 0. The van der Waals surface area contributed by atoms with E-state index in [9.17, 15) is 4.79 Å². The summed E-state index contributed by atoms with van der Waals surface area (Å²) in [5.74, 6) is 0.938. The van der Waals surface area contributed by atoms with Gasteiger partial charge in [-0.25, -0.2) is 9.78 Å². The molecule has 23 heavy (non-hydrogen) atoms. The molecule has 5 heteroatoms. The van der Waals surface area contributed by atoms with Crippen LogP contribution in [0.15, 0.2) is 42.6 Å². The number of benzene rings is 1. The highest BCUT2D eigenvalue weighted by Gasteiger charge is 2.06. The topological polar surface area (TPSA) is 57.3 Å². The van der Waals surface area contributed by atoms with Gasteiger partial charge in [-0.05, 0) is 56.2 Å². The Bertz CT molecular complexity index is 653. The van der Waals surface area contributed by atoms with E-state index in [1.807, 2.05) is 43.3 Å². The Morgan fingerprint density at radius 1 is 1.17 bits per heavy atom. The standard InChI is InChI=1S/C18H24N4O/c1-4-22(5-2)17-12-15(9-10-19-17)13-20-18(23)21-16-8-6-7-14(3)11-16/h6-12H,4-5,13H2,1-3H3,(H2,20,21,23). The molecule has 0 aliphatic heterocycles. The largest absolute Gasteiger partial charge is 0.357 e. The van der Waals surface area contributed by atoms with Crippen LogP contribution in [0.25, 0.3) is 0 Å². The minimum atomic E-state index is -0.211. The second-order valence-electron chi connectivity index (χ2n) is 5.37. The molecule has 5 nitrogen and oxygen atoms in total. The Hall–Kier alpha value is -2.56. The highest BCUT2D eigenvalue weighted by Crippen LogP contribution is 2.12. The number of hydrogen-bond donors (Lipinski definition) is 2. The lowest BCUT2D eigenvalue weighted by Gasteiger charge is -2.20. The first kappa shape index (κ1) is 16.8. The third kappa shape index (κ3) is 4.98. The van der Waals surface area contributed by atoms with Gasteiger partial charge in [0.25, 0.3) is 0 Å². The molecule has 0 fully saturated rings. The quantitative estimate of drug-likeness (QED) is 0.857. The first-order chi connectivity index (χ1) is 11.1. The van der Waals surface area contributed by atoms with Crippen LogP contribution in [0, 0.1) is 6.92 Å². The Morgan fingerprint density at radius 2 is 1.96 bits per heavy atom. The van der Waals surface area contributed by atoms with E-state index in [0.717, 1.165) is 35.7 Å². The summed E-state index contributed by atoms with van der Waals surface area (Å²) in [4.78, 5) is 18.5. The molecule has 0 spiro atoms. The molecule has 0 saturated heterocycles. The molecule has 2 rings (SSSR count). The van der Waals surface area contributed by atoms with Gasteiger partial charge in [0.15, 0.2) is 0 Å². The molecule has 2 aromatic rings. The van der Waals surface area contributed by atoms with Gasteiger partial charge in [-0.3, -0.25) is 0 Å². The van der Waals surface area contributed by atoms with Crippen molar-refractivity contribution in [3.63, 3.8) is 0 Å². The van der Waals surface area contributed by atoms with Crippen LogP contribution in [0.1, 0.15) is 25.0 Å². The fraction of sp³-hybridized carbons (Fsp3) is 0.333. The van der Waals surface area contributed by atoms with Crippen molar-refractivity contribution in [2.24, 2.45) is 0 Å². The van der Waals surface area contributed by atoms with Crippen LogP contribution >= 0.6 is 0 Å². The molecule has 0 unspecified atom stereocenters. The number of hydrogen-bond acceptors (Lipinski definition) is 3. The van der Waals surface area contributed by atoms with E-state index >= 15 is 0 Å². The van der Waals surface area contributed by atoms with Gasteiger partial charge in [0.05, 0.1) is 0 Å². The van der Waals surface area contributed by atoms with Gasteiger partial charge in [-0.15, -0.1) is 0 Å². The molecular weight excluding hydrogens is 288 g/mol. The van der Waals surface area contributed by atoms with E-state index < -0.39 is 0 Å². The zero-order valence-electron chi connectivity index (χ0n) is 14.0. The number of nitrogens with zero attached hydrogens (tertiary/aromatic N) is 2. The van der Waals surface area contributed by atoms with Gasteiger partial charge in [0.2, 0.25) is 0 Å². The summed E-state index contributed by atoms with van der Waals surface area (Å²) in [5.41, 5.74) is 2.93. The second-order valence-corrected chi connectivity index (χ2v) is 5.37. The Kier molecular flexibility index (Phi) is 5.97. The van der Waals surface area contributed by atoms with E-state index in [4.69, 9.17) is 0 Å². The fourth-order valence-corrected chi connectivity index (χ4v) is 2.37. The zero-order valence-corrected chi connectivity index (χ0v) is 14.0. The number of pyridine rings is 1. The van der Waals surface area contributed by atoms with Crippen LogP contribution in [0.3, 0.4) is 0 Å². The predicted octanol–water partition coefficient (Wildman–Crippen LogP) is 3.56. The molecule has 2 amide bonds. The number of rotatable bonds is 6. The number of nitrogens with one attached hydrogen (secondary N) is 2. The number of aromatic nitrogens is 1. The molecule has 0 radical (unpaired) electrons. The maximum absolute atomic E-state index is 12.0. The summed E-state index contributed by atoms with van der Waals surface area (Å²) in [5, 5.41) is 5.71. The van der Waals surface area contributed by atoms with Crippen molar-refractivity contribution in [1.29, 1.82) is 0 Å². The van der Waals surface area contributed by atoms with Gasteiger partial charge >= 0.3 is 6.03 Å². The highest BCUT2D eigenvalue weighted by atomic mass is 16.2. The van der Waals surface area contributed by atoms with Crippen molar-refractivity contribution in [3.05, 3.63) is 53.7 Å². The van der Waals surface area contributed by atoms with Crippen molar-refractivity contribution in [1.82, 2.24) is 10.3 Å². The average molecular weight is 312 g/mol. The van der Waals surface area contributed by atoms with Crippen LogP contribution in [0.5, 0.6) is 0 Å². The minimum absolute atomic E-state index is 0.211. The Balaban J connectivity index is 1.92. The average Bonchev–Trinajstić information content (AvgIpc) is 2.55. The molecular formula is C18H24N4O. The van der Waals surface area contributed by atoms with Crippen molar-refractivity contribution in [3.8, 4) is 0 Å². The normalized spacial score (nSPS) is 10.2. The summed E-state index contributed by atoms with van der Waals surface area (Å²) in [6.07, 6.45) is 1.78. The zero-order chi connectivity index (χ0) is 16.7. The van der Waals surface area contributed by atoms with E-state index in [1.165, 1.54) is 0 Å². The summed E-state index contributed by atoms with van der Waals surface area (Å²) in [6.45, 7) is 8.49. The van der Waals surface area contributed by atoms with Gasteiger partial charge in [0, 0.05) is 31.5 Å². The third-order valence-electron chi connectivity index (χ3n) is 3.63. The Morgan fingerprint density at radius 3 is 2.65 bits per heavy atom. The summed E-state index contributed by atoms with van der Waals surface area (Å²) >= 11 is 0. The van der Waals surface area contributed by atoms with E-state index in [0.29, 0.717) is 6.54 Å². The molecule has 0 aliphatic carbocycles. The molecule has 1 aromatic heterocycles. The van der Waals surface area contributed by atoms with E-state index in [2.05, 4.69) is 34.4 Å². The maximum atomic E-state index is 12.0. The lowest BCUT2D eigenvalue weighted by molar-refractivity contribution is 0.251.